The lowest BCUT2D eigenvalue weighted by molar-refractivity contribution is -0.127. The molecule has 1 fully saturated rings. The molecule has 1 aromatic carbocycles. The molecule has 0 saturated carbocycles. The molecule has 1 N–H and O–H groups in total. The molecule has 150 valence electrons. The molecule has 0 aromatic heterocycles. The number of anilines is 1. The largest absolute Gasteiger partial charge is 0.476 e. The Hall–Kier alpha value is -1.84. The highest BCUT2D eigenvalue weighted by molar-refractivity contribution is 7.92. The fourth-order valence-electron chi connectivity index (χ4n) is 3.21. The number of amides is 1. The Kier molecular flexibility index (Phi) is 6.56. The summed E-state index contributed by atoms with van der Waals surface area (Å²) in [5.74, 6) is 0.0897. The van der Waals surface area contributed by atoms with Crippen molar-refractivity contribution in [1.82, 2.24) is 10.2 Å². The zero-order valence-electron chi connectivity index (χ0n) is 15.6. The van der Waals surface area contributed by atoms with Gasteiger partial charge in [0.15, 0.2) is 6.10 Å². The third kappa shape index (κ3) is 4.91. The van der Waals surface area contributed by atoms with Crippen LogP contribution in [-0.2, 0) is 19.6 Å². The molecule has 0 radical (unpaired) electrons. The molecule has 1 saturated heterocycles. The van der Waals surface area contributed by atoms with Gasteiger partial charge in [0.1, 0.15) is 5.75 Å². The molecule has 1 atom stereocenters. The first-order valence-electron chi connectivity index (χ1n) is 9.35. The molecule has 9 heteroatoms. The topological polar surface area (TPSA) is 88.2 Å². The summed E-state index contributed by atoms with van der Waals surface area (Å²) in [5.41, 5.74) is 0.482. The van der Waals surface area contributed by atoms with Gasteiger partial charge in [-0.3, -0.25) is 14.0 Å². The van der Waals surface area contributed by atoms with Crippen LogP contribution in [-0.4, -0.2) is 77.0 Å². The Bertz CT molecular complexity index is 749. The van der Waals surface area contributed by atoms with Gasteiger partial charge in [-0.2, -0.15) is 0 Å². The van der Waals surface area contributed by atoms with E-state index < -0.39 is 16.1 Å². The first kappa shape index (κ1) is 19.9. The number of hydrogen-bond acceptors (Lipinski definition) is 6. The second-order valence-corrected chi connectivity index (χ2v) is 8.79. The normalized spacial score (nSPS) is 20.6. The van der Waals surface area contributed by atoms with Gasteiger partial charge in [-0.1, -0.05) is 12.1 Å². The van der Waals surface area contributed by atoms with Crippen LogP contribution in [0.25, 0.3) is 0 Å². The number of ether oxygens (including phenoxy) is 2. The third-order valence-electron chi connectivity index (χ3n) is 4.78. The van der Waals surface area contributed by atoms with E-state index in [-0.39, 0.29) is 18.2 Å². The number of sulfonamides is 1. The first-order valence-corrected chi connectivity index (χ1v) is 11.0. The first-order chi connectivity index (χ1) is 13.0. The summed E-state index contributed by atoms with van der Waals surface area (Å²) in [5, 5.41) is 2.87. The van der Waals surface area contributed by atoms with Crippen molar-refractivity contribution in [2.75, 3.05) is 56.0 Å². The number of hydrogen-bond donors (Lipinski definition) is 1. The molecule has 0 unspecified atom stereocenters. The summed E-state index contributed by atoms with van der Waals surface area (Å²) < 4.78 is 37.3. The average molecular weight is 397 g/mol. The third-order valence-corrected chi connectivity index (χ3v) is 6.53. The molecule has 0 bridgehead atoms. The summed E-state index contributed by atoms with van der Waals surface area (Å²) in [6.45, 7) is 6.34. The van der Waals surface area contributed by atoms with Gasteiger partial charge in [-0.15, -0.1) is 0 Å². The number of carbonyl (C=O) groups is 1. The van der Waals surface area contributed by atoms with Gasteiger partial charge in [0.05, 0.1) is 31.2 Å². The number of benzene rings is 1. The minimum Gasteiger partial charge on any atom is -0.476 e. The number of para-hydroxylation sites is 2. The SMILES string of the molecule is CCS(=O)(=O)N1C[C@@H](C(=O)NCCCN2CCOCC2)Oc2ccccc21. The number of morpholine rings is 1. The van der Waals surface area contributed by atoms with Gasteiger partial charge in [-0.25, -0.2) is 8.42 Å². The lowest BCUT2D eigenvalue weighted by Crippen LogP contribution is -2.51. The highest BCUT2D eigenvalue weighted by Gasteiger charge is 2.35. The van der Waals surface area contributed by atoms with E-state index in [2.05, 4.69) is 10.2 Å². The molecule has 1 aromatic rings. The van der Waals surface area contributed by atoms with Crippen molar-refractivity contribution in [1.29, 1.82) is 0 Å². The van der Waals surface area contributed by atoms with Crippen LogP contribution in [0.2, 0.25) is 0 Å². The second kappa shape index (κ2) is 8.90. The van der Waals surface area contributed by atoms with Crippen LogP contribution in [0.3, 0.4) is 0 Å². The summed E-state index contributed by atoms with van der Waals surface area (Å²) in [7, 11) is -3.49. The van der Waals surface area contributed by atoms with E-state index in [9.17, 15) is 13.2 Å². The predicted molar refractivity (Wildman–Crippen MR) is 103 cm³/mol. The Balaban J connectivity index is 1.57. The molecule has 2 heterocycles. The molecule has 0 aliphatic carbocycles. The smallest absolute Gasteiger partial charge is 0.263 e. The van der Waals surface area contributed by atoms with Crippen molar-refractivity contribution in [3.8, 4) is 5.75 Å². The molecule has 3 rings (SSSR count). The minimum atomic E-state index is -3.49. The van der Waals surface area contributed by atoms with Crippen molar-refractivity contribution in [2.45, 2.75) is 19.4 Å². The Morgan fingerprint density at radius 3 is 2.74 bits per heavy atom. The molecule has 2 aliphatic rings. The Morgan fingerprint density at radius 2 is 2.00 bits per heavy atom. The fraction of sp³-hybridized carbons (Fsp3) is 0.611. The summed E-state index contributed by atoms with van der Waals surface area (Å²) in [6, 6.07) is 6.90. The number of carbonyl (C=O) groups excluding carboxylic acids is 1. The van der Waals surface area contributed by atoms with E-state index in [4.69, 9.17) is 9.47 Å². The quantitative estimate of drug-likeness (QED) is 0.672. The van der Waals surface area contributed by atoms with Crippen molar-refractivity contribution < 1.29 is 22.7 Å². The van der Waals surface area contributed by atoms with Crippen LogP contribution in [0.15, 0.2) is 24.3 Å². The Morgan fingerprint density at radius 1 is 1.26 bits per heavy atom. The van der Waals surface area contributed by atoms with Crippen molar-refractivity contribution in [3.05, 3.63) is 24.3 Å². The Labute approximate surface area is 160 Å². The monoisotopic (exact) mass is 397 g/mol. The highest BCUT2D eigenvalue weighted by Crippen LogP contribution is 2.34. The van der Waals surface area contributed by atoms with Gasteiger partial charge in [-0.05, 0) is 32.0 Å². The van der Waals surface area contributed by atoms with Crippen LogP contribution in [0.1, 0.15) is 13.3 Å². The zero-order valence-corrected chi connectivity index (χ0v) is 16.4. The van der Waals surface area contributed by atoms with Gasteiger partial charge in [0.2, 0.25) is 10.0 Å². The maximum atomic E-state index is 12.5. The van der Waals surface area contributed by atoms with Gasteiger partial charge in [0, 0.05) is 19.6 Å². The fourth-order valence-corrected chi connectivity index (χ4v) is 4.34. The van der Waals surface area contributed by atoms with Crippen LogP contribution in [0.5, 0.6) is 5.75 Å². The maximum Gasteiger partial charge on any atom is 0.263 e. The van der Waals surface area contributed by atoms with Crippen LogP contribution in [0.4, 0.5) is 5.69 Å². The standard InChI is InChI=1S/C18H27N3O5S/c1-2-27(23,24)21-14-17(26-16-7-4-3-6-15(16)21)18(22)19-8-5-9-20-10-12-25-13-11-20/h3-4,6-7,17H,2,5,8-14H2,1H3,(H,19,22)/t17-/m0/s1. The van der Waals surface area contributed by atoms with E-state index >= 15 is 0 Å². The van der Waals surface area contributed by atoms with E-state index in [1.165, 1.54) is 4.31 Å². The van der Waals surface area contributed by atoms with E-state index in [1.54, 1.807) is 31.2 Å². The van der Waals surface area contributed by atoms with Gasteiger partial charge < -0.3 is 14.8 Å². The van der Waals surface area contributed by atoms with E-state index in [1.807, 2.05) is 0 Å². The molecule has 27 heavy (non-hydrogen) atoms. The van der Waals surface area contributed by atoms with Crippen molar-refractivity contribution >= 4 is 21.6 Å². The van der Waals surface area contributed by atoms with Crippen molar-refractivity contribution in [3.63, 3.8) is 0 Å². The van der Waals surface area contributed by atoms with E-state index in [0.717, 1.165) is 39.3 Å². The summed E-state index contributed by atoms with van der Waals surface area (Å²) >= 11 is 0. The summed E-state index contributed by atoms with van der Waals surface area (Å²) in [6.07, 6.45) is -0.0314. The number of rotatable bonds is 7. The lowest BCUT2D eigenvalue weighted by Gasteiger charge is -2.34. The van der Waals surface area contributed by atoms with E-state index in [0.29, 0.717) is 18.0 Å². The molecular weight excluding hydrogens is 370 g/mol. The molecule has 2 aliphatic heterocycles. The lowest BCUT2D eigenvalue weighted by atomic mass is 10.2. The van der Waals surface area contributed by atoms with Crippen LogP contribution < -0.4 is 14.4 Å². The zero-order chi connectivity index (χ0) is 19.3. The number of fused-ring (bicyclic) bond motifs is 1. The van der Waals surface area contributed by atoms with Crippen LogP contribution >= 0.6 is 0 Å². The van der Waals surface area contributed by atoms with Crippen molar-refractivity contribution in [2.24, 2.45) is 0 Å². The minimum absolute atomic E-state index is 0.0114. The average Bonchev–Trinajstić information content (AvgIpc) is 2.71. The number of nitrogens with zero attached hydrogens (tertiary/aromatic N) is 2. The van der Waals surface area contributed by atoms with Gasteiger partial charge >= 0.3 is 0 Å². The highest BCUT2D eigenvalue weighted by atomic mass is 32.2. The predicted octanol–water partition coefficient (Wildman–Crippen LogP) is 0.442. The maximum absolute atomic E-state index is 12.5. The molecular formula is C18H27N3O5S. The molecule has 0 spiro atoms. The second-order valence-electron chi connectivity index (χ2n) is 6.60. The molecule has 8 nitrogen and oxygen atoms in total. The van der Waals surface area contributed by atoms with Gasteiger partial charge in [0.25, 0.3) is 5.91 Å². The summed E-state index contributed by atoms with van der Waals surface area (Å²) in [4.78, 5) is 14.8. The molecule has 1 amide bonds. The number of nitrogens with one attached hydrogen (secondary N) is 1. The van der Waals surface area contributed by atoms with Crippen LogP contribution in [0, 0.1) is 0 Å².